The van der Waals surface area contributed by atoms with E-state index in [9.17, 15) is 4.79 Å². The van der Waals surface area contributed by atoms with Crippen molar-refractivity contribution in [3.05, 3.63) is 29.8 Å². The maximum Gasteiger partial charge on any atom is 0.411 e. The molecule has 0 atom stereocenters. The summed E-state index contributed by atoms with van der Waals surface area (Å²) >= 11 is 0. The number of halogens is 1. The van der Waals surface area contributed by atoms with Crippen LogP contribution in [0, 0.1) is 0 Å². The average molecular weight is 434 g/mol. The summed E-state index contributed by atoms with van der Waals surface area (Å²) in [5, 5.41) is 5.95. The highest BCUT2D eigenvalue weighted by atomic mass is 127. The summed E-state index contributed by atoms with van der Waals surface area (Å²) in [7, 11) is 5.16. The van der Waals surface area contributed by atoms with E-state index in [1.807, 2.05) is 31.3 Å². The van der Waals surface area contributed by atoms with Gasteiger partial charge in [-0.15, -0.1) is 24.0 Å². The molecule has 130 valence electrons. The number of benzene rings is 1. The first-order chi connectivity index (χ1) is 10.6. The van der Waals surface area contributed by atoms with Crippen LogP contribution in [0.4, 0.5) is 10.5 Å². The molecule has 0 fully saturated rings. The Balaban J connectivity index is 0.00000484. The largest absolute Gasteiger partial charge is 0.453 e. The van der Waals surface area contributed by atoms with E-state index in [0.29, 0.717) is 12.2 Å². The van der Waals surface area contributed by atoms with E-state index in [2.05, 4.69) is 32.2 Å². The van der Waals surface area contributed by atoms with Gasteiger partial charge < -0.3 is 15.0 Å². The Hall–Kier alpha value is -1.51. The molecule has 0 saturated heterocycles. The summed E-state index contributed by atoms with van der Waals surface area (Å²) in [6, 6.07) is 7.60. The molecule has 1 rings (SSSR count). The molecule has 23 heavy (non-hydrogen) atoms. The van der Waals surface area contributed by atoms with Crippen molar-refractivity contribution in [2.24, 2.45) is 4.99 Å². The van der Waals surface area contributed by atoms with Crippen molar-refractivity contribution in [2.45, 2.75) is 26.3 Å². The van der Waals surface area contributed by atoms with Crippen molar-refractivity contribution >= 4 is 41.7 Å². The number of nitrogens with one attached hydrogen (secondary N) is 2. The minimum atomic E-state index is -0.469. The Morgan fingerprint density at radius 2 is 1.96 bits per heavy atom. The minimum Gasteiger partial charge on any atom is -0.453 e. The maximum atomic E-state index is 11.1. The van der Waals surface area contributed by atoms with E-state index in [0.717, 1.165) is 30.9 Å². The molecular weight excluding hydrogens is 407 g/mol. The maximum absolute atomic E-state index is 11.1. The lowest BCUT2D eigenvalue weighted by atomic mass is 10.2. The third kappa shape index (κ3) is 8.06. The predicted octanol–water partition coefficient (Wildman–Crippen LogP) is 3.29. The highest BCUT2D eigenvalue weighted by Gasteiger charge is 2.05. The van der Waals surface area contributed by atoms with E-state index in [1.54, 1.807) is 7.05 Å². The lowest BCUT2D eigenvalue weighted by molar-refractivity contribution is 0.187. The topological polar surface area (TPSA) is 66.0 Å². The summed E-state index contributed by atoms with van der Waals surface area (Å²) in [6.45, 7) is 3.84. The SMILES string of the molecule is CCCCN(C)C(=NC)NCc1ccc(NC(=O)OC)cc1.I. The first-order valence-corrected chi connectivity index (χ1v) is 7.46. The normalized spacial score (nSPS) is 10.5. The molecule has 6 nitrogen and oxygen atoms in total. The molecule has 7 heteroatoms. The number of ether oxygens (including phenoxy) is 1. The lowest BCUT2D eigenvalue weighted by Crippen LogP contribution is -2.38. The molecule has 0 saturated carbocycles. The summed E-state index contributed by atoms with van der Waals surface area (Å²) in [5.74, 6) is 0.880. The first-order valence-electron chi connectivity index (χ1n) is 7.46. The number of methoxy groups -OCH3 is 1. The van der Waals surface area contributed by atoms with Crippen molar-refractivity contribution in [2.75, 3.05) is 33.1 Å². The van der Waals surface area contributed by atoms with Gasteiger partial charge in [-0.1, -0.05) is 25.5 Å². The van der Waals surface area contributed by atoms with E-state index in [1.165, 1.54) is 7.11 Å². The number of amides is 1. The van der Waals surface area contributed by atoms with Crippen LogP contribution in [-0.4, -0.2) is 44.7 Å². The summed E-state index contributed by atoms with van der Waals surface area (Å²) < 4.78 is 4.55. The second-order valence-corrected chi connectivity index (χ2v) is 4.99. The average Bonchev–Trinajstić information content (AvgIpc) is 2.54. The van der Waals surface area contributed by atoms with Gasteiger partial charge in [0.25, 0.3) is 0 Å². The summed E-state index contributed by atoms with van der Waals surface area (Å²) in [5.41, 5.74) is 1.82. The van der Waals surface area contributed by atoms with Gasteiger partial charge in [-0.25, -0.2) is 4.79 Å². The van der Waals surface area contributed by atoms with E-state index >= 15 is 0 Å². The zero-order valence-electron chi connectivity index (χ0n) is 14.3. The molecule has 2 N–H and O–H groups in total. The van der Waals surface area contributed by atoms with Crippen molar-refractivity contribution in [1.29, 1.82) is 0 Å². The molecule has 0 aromatic heterocycles. The number of carbonyl (C=O) groups is 1. The van der Waals surface area contributed by atoms with Crippen LogP contribution in [0.25, 0.3) is 0 Å². The number of anilines is 1. The Morgan fingerprint density at radius 3 is 2.48 bits per heavy atom. The Bertz CT molecular complexity index is 491. The fourth-order valence-corrected chi connectivity index (χ4v) is 1.94. The van der Waals surface area contributed by atoms with Gasteiger partial charge in [-0.3, -0.25) is 10.3 Å². The van der Waals surface area contributed by atoms with Crippen LogP contribution in [-0.2, 0) is 11.3 Å². The van der Waals surface area contributed by atoms with Crippen LogP contribution in [0.1, 0.15) is 25.3 Å². The quantitative estimate of drug-likeness (QED) is 0.410. The van der Waals surface area contributed by atoms with Gasteiger partial charge in [0.1, 0.15) is 0 Å². The number of carbonyl (C=O) groups excluding carboxylic acids is 1. The fraction of sp³-hybridized carbons (Fsp3) is 0.500. The van der Waals surface area contributed by atoms with E-state index in [4.69, 9.17) is 0 Å². The van der Waals surface area contributed by atoms with Crippen LogP contribution in [0.2, 0.25) is 0 Å². The summed E-state index contributed by atoms with van der Waals surface area (Å²) in [4.78, 5) is 17.5. The van der Waals surface area contributed by atoms with Crippen LogP contribution in [0.3, 0.4) is 0 Å². The van der Waals surface area contributed by atoms with Gasteiger partial charge in [-0.2, -0.15) is 0 Å². The molecule has 0 unspecified atom stereocenters. The molecule has 1 amide bonds. The summed E-state index contributed by atoms with van der Waals surface area (Å²) in [6.07, 6.45) is 1.84. The second-order valence-electron chi connectivity index (χ2n) is 4.99. The Morgan fingerprint density at radius 1 is 1.30 bits per heavy atom. The Labute approximate surface area is 155 Å². The van der Waals surface area contributed by atoms with Crippen LogP contribution < -0.4 is 10.6 Å². The molecular formula is C16H27IN4O2. The number of rotatable bonds is 6. The molecule has 1 aromatic rings. The number of hydrogen-bond donors (Lipinski definition) is 2. The highest BCUT2D eigenvalue weighted by molar-refractivity contribution is 14.0. The van der Waals surface area contributed by atoms with E-state index < -0.39 is 6.09 Å². The molecule has 0 spiro atoms. The minimum absolute atomic E-state index is 0. The zero-order valence-corrected chi connectivity index (χ0v) is 16.6. The standard InChI is InChI=1S/C16H26N4O2.HI/c1-5-6-11-20(3)15(17-2)18-12-13-7-9-14(10-8-13)19-16(21)22-4;/h7-10H,5-6,11-12H2,1-4H3,(H,17,18)(H,19,21);1H. The Kier molecular flexibility index (Phi) is 11.2. The van der Waals surface area contributed by atoms with Gasteiger partial charge in [0.05, 0.1) is 7.11 Å². The number of nitrogens with zero attached hydrogens (tertiary/aromatic N) is 2. The highest BCUT2D eigenvalue weighted by Crippen LogP contribution is 2.09. The molecule has 0 radical (unpaired) electrons. The van der Waals surface area contributed by atoms with Crippen LogP contribution in [0.5, 0.6) is 0 Å². The number of unbranched alkanes of at least 4 members (excludes halogenated alkanes) is 1. The molecule has 0 aliphatic carbocycles. The fourth-order valence-electron chi connectivity index (χ4n) is 1.94. The molecule has 0 aliphatic rings. The van der Waals surface area contributed by atoms with Gasteiger partial charge in [-0.05, 0) is 24.1 Å². The second kappa shape index (κ2) is 12.0. The number of hydrogen-bond acceptors (Lipinski definition) is 3. The zero-order chi connectivity index (χ0) is 16.4. The van der Waals surface area contributed by atoms with E-state index in [-0.39, 0.29) is 24.0 Å². The van der Waals surface area contributed by atoms with Crippen LogP contribution in [0.15, 0.2) is 29.3 Å². The number of guanidine groups is 1. The van der Waals surface area contributed by atoms with Gasteiger partial charge in [0.15, 0.2) is 5.96 Å². The third-order valence-electron chi connectivity index (χ3n) is 3.26. The van der Waals surface area contributed by atoms with Gasteiger partial charge in [0.2, 0.25) is 0 Å². The lowest BCUT2D eigenvalue weighted by Gasteiger charge is -2.21. The molecule has 0 aliphatic heterocycles. The van der Waals surface area contributed by atoms with Crippen molar-refractivity contribution in [3.63, 3.8) is 0 Å². The smallest absolute Gasteiger partial charge is 0.411 e. The van der Waals surface area contributed by atoms with Crippen LogP contribution >= 0.6 is 24.0 Å². The first kappa shape index (κ1) is 21.5. The van der Waals surface area contributed by atoms with Gasteiger partial charge >= 0.3 is 6.09 Å². The molecule has 1 aromatic carbocycles. The number of aliphatic imine (C=N–C) groups is 1. The third-order valence-corrected chi connectivity index (χ3v) is 3.26. The predicted molar refractivity (Wildman–Crippen MR) is 106 cm³/mol. The van der Waals surface area contributed by atoms with Crippen molar-refractivity contribution in [3.8, 4) is 0 Å². The van der Waals surface area contributed by atoms with Crippen molar-refractivity contribution < 1.29 is 9.53 Å². The molecule has 0 bridgehead atoms. The van der Waals surface area contributed by atoms with Gasteiger partial charge in [0, 0.05) is 32.9 Å². The monoisotopic (exact) mass is 434 g/mol. The molecule has 0 heterocycles. The van der Waals surface area contributed by atoms with Crippen molar-refractivity contribution in [1.82, 2.24) is 10.2 Å².